The lowest BCUT2D eigenvalue weighted by Gasteiger charge is -2.23. The summed E-state index contributed by atoms with van der Waals surface area (Å²) in [5.41, 5.74) is 5.49. The van der Waals surface area contributed by atoms with Gasteiger partial charge in [0.1, 0.15) is 0 Å². The molecule has 0 aliphatic rings. The minimum absolute atomic E-state index is 0.0458. The molecule has 1 atom stereocenters. The highest BCUT2D eigenvalue weighted by Gasteiger charge is 2.22. The van der Waals surface area contributed by atoms with Crippen LogP contribution in [0.3, 0.4) is 0 Å². The van der Waals surface area contributed by atoms with Crippen molar-refractivity contribution >= 4 is 34.9 Å². The van der Waals surface area contributed by atoms with Gasteiger partial charge in [-0.3, -0.25) is 4.79 Å². The molecule has 0 spiro atoms. The maximum atomic E-state index is 11.7. The molecule has 3 nitrogen and oxygen atoms in total. The molecule has 88 valence electrons. The zero-order chi connectivity index (χ0) is 12.1. The molecular formula is C10H20N2OS2. The highest BCUT2D eigenvalue weighted by molar-refractivity contribution is 7.99. The smallest absolute Gasteiger partial charge is 0.229 e. The molecule has 0 saturated heterocycles. The van der Waals surface area contributed by atoms with Crippen LogP contribution in [-0.2, 0) is 4.79 Å². The topological polar surface area (TPSA) is 55.1 Å². The Labute approximate surface area is 102 Å². The van der Waals surface area contributed by atoms with E-state index >= 15 is 0 Å². The summed E-state index contributed by atoms with van der Waals surface area (Å²) in [5.74, 6) is -0.398. The van der Waals surface area contributed by atoms with Crippen molar-refractivity contribution in [2.75, 3.05) is 12.8 Å². The number of nitrogens with two attached hydrogens (primary N) is 1. The molecule has 0 radical (unpaired) electrons. The zero-order valence-electron chi connectivity index (χ0n) is 9.79. The number of thioether (sulfide) groups is 1. The Morgan fingerprint density at radius 3 is 2.47 bits per heavy atom. The van der Waals surface area contributed by atoms with Crippen LogP contribution >= 0.6 is 24.0 Å². The van der Waals surface area contributed by atoms with Gasteiger partial charge in [0.2, 0.25) is 5.91 Å². The van der Waals surface area contributed by atoms with Gasteiger partial charge >= 0.3 is 0 Å². The summed E-state index contributed by atoms with van der Waals surface area (Å²) in [6.07, 6.45) is 2.68. The molecule has 0 aliphatic carbocycles. The first-order chi connectivity index (χ1) is 6.84. The van der Waals surface area contributed by atoms with E-state index in [4.69, 9.17) is 18.0 Å². The van der Waals surface area contributed by atoms with Crippen LogP contribution in [-0.4, -0.2) is 28.4 Å². The van der Waals surface area contributed by atoms with Gasteiger partial charge in [0.15, 0.2) is 0 Å². The van der Waals surface area contributed by atoms with Gasteiger partial charge in [-0.25, -0.2) is 0 Å². The molecule has 0 aromatic rings. The molecule has 1 amide bonds. The number of carbonyl (C=O) groups excluding carboxylic acids is 1. The normalized spacial score (nSPS) is 13.3. The highest BCUT2D eigenvalue weighted by atomic mass is 32.2. The van der Waals surface area contributed by atoms with E-state index in [0.29, 0.717) is 13.0 Å². The number of nitrogens with one attached hydrogen (secondary N) is 1. The van der Waals surface area contributed by atoms with E-state index in [1.54, 1.807) is 11.8 Å². The maximum absolute atomic E-state index is 11.7. The van der Waals surface area contributed by atoms with Crippen molar-refractivity contribution in [3.8, 4) is 0 Å². The number of rotatable bonds is 6. The van der Waals surface area contributed by atoms with E-state index in [9.17, 15) is 4.79 Å². The Bertz CT molecular complexity index is 242. The molecule has 3 N–H and O–H groups in total. The van der Waals surface area contributed by atoms with Crippen LogP contribution in [0.1, 0.15) is 27.2 Å². The lowest BCUT2D eigenvalue weighted by molar-refractivity contribution is -0.123. The molecule has 5 heteroatoms. The molecule has 0 bridgehead atoms. The van der Waals surface area contributed by atoms with Crippen molar-refractivity contribution < 1.29 is 4.79 Å². The van der Waals surface area contributed by atoms with E-state index in [2.05, 4.69) is 19.2 Å². The molecule has 1 unspecified atom stereocenters. The Balaban J connectivity index is 4.19. The summed E-state index contributed by atoms with van der Waals surface area (Å²) < 4.78 is 0.0458. The van der Waals surface area contributed by atoms with Crippen molar-refractivity contribution in [3.63, 3.8) is 0 Å². The van der Waals surface area contributed by atoms with Gasteiger partial charge in [-0.15, -0.1) is 0 Å². The summed E-state index contributed by atoms with van der Waals surface area (Å²) >= 11 is 6.56. The molecule has 0 saturated carbocycles. The third-order valence-corrected chi connectivity index (χ3v) is 3.84. The van der Waals surface area contributed by atoms with Crippen LogP contribution in [0.4, 0.5) is 0 Å². The molecule has 0 aromatic heterocycles. The lowest BCUT2D eigenvalue weighted by atomic mass is 10.1. The summed E-state index contributed by atoms with van der Waals surface area (Å²) in [4.78, 5) is 12.0. The van der Waals surface area contributed by atoms with Crippen LogP contribution in [0.2, 0.25) is 0 Å². The largest absolute Gasteiger partial charge is 0.393 e. The summed E-state index contributed by atoms with van der Waals surface area (Å²) in [7, 11) is 0. The van der Waals surface area contributed by atoms with E-state index < -0.39 is 0 Å². The fraction of sp³-hybridized carbons (Fsp3) is 0.800. The number of hydrogen-bond donors (Lipinski definition) is 2. The molecule has 0 aliphatic heterocycles. The molecule has 15 heavy (non-hydrogen) atoms. The summed E-state index contributed by atoms with van der Waals surface area (Å²) in [5, 5.41) is 2.88. The van der Waals surface area contributed by atoms with E-state index in [0.717, 1.165) is 0 Å². The Morgan fingerprint density at radius 2 is 2.13 bits per heavy atom. The van der Waals surface area contributed by atoms with E-state index in [-0.39, 0.29) is 21.6 Å². The van der Waals surface area contributed by atoms with Crippen molar-refractivity contribution in [2.45, 2.75) is 31.9 Å². The first kappa shape index (κ1) is 14.7. The predicted octanol–water partition coefficient (Wildman–Crippen LogP) is 1.56. The van der Waals surface area contributed by atoms with Gasteiger partial charge in [-0.2, -0.15) is 11.8 Å². The first-order valence-electron chi connectivity index (χ1n) is 4.96. The Hall–Kier alpha value is -0.290. The zero-order valence-corrected chi connectivity index (χ0v) is 11.4. The second-order valence-electron chi connectivity index (χ2n) is 4.04. The number of carbonyl (C=O) groups is 1. The van der Waals surface area contributed by atoms with Crippen LogP contribution in [0, 0.1) is 5.92 Å². The summed E-state index contributed by atoms with van der Waals surface area (Å²) in [6, 6.07) is 0. The average Bonchev–Trinajstić information content (AvgIpc) is 2.15. The monoisotopic (exact) mass is 248 g/mol. The standard InChI is InChI=1S/C10H20N2OS2/c1-5-7(8(11)14)9(13)12-6-10(2,3)15-4/h7H,5-6H2,1-4H3,(H2,11,14)(H,12,13). The van der Waals surface area contributed by atoms with Crippen molar-refractivity contribution in [1.29, 1.82) is 0 Å². The van der Waals surface area contributed by atoms with Crippen molar-refractivity contribution in [1.82, 2.24) is 5.32 Å². The van der Waals surface area contributed by atoms with Crippen LogP contribution in [0.15, 0.2) is 0 Å². The fourth-order valence-electron chi connectivity index (χ4n) is 1.01. The SMILES string of the molecule is CCC(C(=O)NCC(C)(C)SC)C(N)=S. The highest BCUT2D eigenvalue weighted by Crippen LogP contribution is 2.19. The van der Waals surface area contributed by atoms with Gasteiger partial charge in [0, 0.05) is 11.3 Å². The predicted molar refractivity (Wildman–Crippen MR) is 71.2 cm³/mol. The average molecular weight is 248 g/mol. The maximum Gasteiger partial charge on any atom is 0.229 e. The van der Waals surface area contributed by atoms with Crippen LogP contribution in [0.25, 0.3) is 0 Å². The van der Waals surface area contributed by atoms with Crippen molar-refractivity contribution in [3.05, 3.63) is 0 Å². The first-order valence-corrected chi connectivity index (χ1v) is 6.59. The van der Waals surface area contributed by atoms with Gasteiger partial charge < -0.3 is 11.1 Å². The van der Waals surface area contributed by atoms with Crippen LogP contribution < -0.4 is 11.1 Å². The minimum Gasteiger partial charge on any atom is -0.393 e. The molecule has 0 fully saturated rings. The van der Waals surface area contributed by atoms with Gasteiger partial charge in [-0.1, -0.05) is 19.1 Å². The van der Waals surface area contributed by atoms with Gasteiger partial charge in [-0.05, 0) is 26.5 Å². The molecule has 0 rings (SSSR count). The molecule has 0 heterocycles. The Morgan fingerprint density at radius 1 is 1.60 bits per heavy atom. The fourth-order valence-corrected chi connectivity index (χ4v) is 1.50. The van der Waals surface area contributed by atoms with E-state index in [1.165, 1.54) is 0 Å². The third-order valence-electron chi connectivity index (χ3n) is 2.31. The number of amides is 1. The second-order valence-corrected chi connectivity index (χ2v) is 6.03. The quantitative estimate of drug-likeness (QED) is 0.700. The molecular weight excluding hydrogens is 228 g/mol. The van der Waals surface area contributed by atoms with Crippen LogP contribution in [0.5, 0.6) is 0 Å². The second kappa shape index (κ2) is 6.33. The molecule has 0 aromatic carbocycles. The summed E-state index contributed by atoms with van der Waals surface area (Å²) in [6.45, 7) is 6.70. The third kappa shape index (κ3) is 5.37. The van der Waals surface area contributed by atoms with Gasteiger partial charge in [0.25, 0.3) is 0 Å². The van der Waals surface area contributed by atoms with E-state index in [1.807, 2.05) is 13.2 Å². The van der Waals surface area contributed by atoms with Crippen molar-refractivity contribution in [2.24, 2.45) is 11.7 Å². The Kier molecular flexibility index (Phi) is 6.20. The lowest BCUT2D eigenvalue weighted by Crippen LogP contribution is -2.42. The minimum atomic E-state index is -0.336. The number of hydrogen-bond acceptors (Lipinski definition) is 3. The number of thiocarbonyl (C=S) groups is 1. The van der Waals surface area contributed by atoms with Gasteiger partial charge in [0.05, 0.1) is 10.9 Å².